The molecule has 0 aromatic heterocycles. The van der Waals surface area contributed by atoms with Crippen LogP contribution in [0.1, 0.15) is 74.0 Å². The van der Waals surface area contributed by atoms with E-state index in [2.05, 4.69) is 0 Å². The summed E-state index contributed by atoms with van der Waals surface area (Å²) in [5, 5.41) is 19.2. The zero-order valence-corrected chi connectivity index (χ0v) is 18.5. The van der Waals surface area contributed by atoms with E-state index < -0.39 is 12.3 Å². The monoisotopic (exact) mass is 446 g/mol. The smallest absolute Gasteiger partial charge is 0.303 e. The summed E-state index contributed by atoms with van der Waals surface area (Å²) in [5.41, 5.74) is 2.68. The molecule has 0 radical (unpaired) electrons. The first-order valence-electron chi connectivity index (χ1n) is 11.0. The van der Waals surface area contributed by atoms with E-state index in [4.69, 9.17) is 26.2 Å². The van der Waals surface area contributed by atoms with Crippen molar-refractivity contribution >= 4 is 17.6 Å². The van der Waals surface area contributed by atoms with Crippen molar-refractivity contribution in [3.63, 3.8) is 0 Å². The first kappa shape index (κ1) is 23.7. The second kappa shape index (κ2) is 12.2. The molecule has 2 aromatic rings. The van der Waals surface area contributed by atoms with Crippen LogP contribution >= 0.6 is 11.6 Å². The molecule has 31 heavy (non-hydrogen) atoms. The van der Waals surface area contributed by atoms with Crippen molar-refractivity contribution in [1.29, 1.82) is 0 Å². The van der Waals surface area contributed by atoms with Crippen molar-refractivity contribution in [3.8, 4) is 0 Å². The molecule has 3 atom stereocenters. The fourth-order valence-corrected chi connectivity index (χ4v) is 4.37. The SMILES string of the molecule is O=C(O)CCCCCCC[C@@H]1CO[C@H](c2ccccc2Cl)O[C@@H]1c1ccccc1CO. The lowest BCUT2D eigenvalue weighted by Gasteiger charge is -2.38. The second-order valence-electron chi connectivity index (χ2n) is 8.06. The summed E-state index contributed by atoms with van der Waals surface area (Å²) >= 11 is 6.37. The lowest BCUT2D eigenvalue weighted by atomic mass is 9.88. The number of halogens is 1. The van der Waals surface area contributed by atoms with E-state index in [1.165, 1.54) is 0 Å². The Labute approximate surface area is 189 Å². The van der Waals surface area contributed by atoms with Gasteiger partial charge in [0.1, 0.15) is 0 Å². The molecule has 0 saturated carbocycles. The Bertz CT molecular complexity index is 840. The van der Waals surface area contributed by atoms with Gasteiger partial charge in [-0.3, -0.25) is 4.79 Å². The number of hydrogen-bond acceptors (Lipinski definition) is 4. The first-order valence-corrected chi connectivity index (χ1v) is 11.4. The van der Waals surface area contributed by atoms with Crippen LogP contribution in [0.25, 0.3) is 0 Å². The molecule has 0 bridgehead atoms. The van der Waals surface area contributed by atoms with Crippen LogP contribution in [-0.4, -0.2) is 22.8 Å². The largest absolute Gasteiger partial charge is 0.481 e. The third kappa shape index (κ3) is 6.78. The summed E-state index contributed by atoms with van der Waals surface area (Å²) in [5.74, 6) is -0.555. The molecular formula is C25H31ClO5. The average Bonchev–Trinajstić information content (AvgIpc) is 2.78. The Kier molecular flexibility index (Phi) is 9.34. The Morgan fingerprint density at radius 2 is 1.65 bits per heavy atom. The number of hydrogen-bond donors (Lipinski definition) is 2. The van der Waals surface area contributed by atoms with Crippen LogP contribution in [0.2, 0.25) is 5.02 Å². The highest BCUT2D eigenvalue weighted by Crippen LogP contribution is 2.42. The predicted molar refractivity (Wildman–Crippen MR) is 120 cm³/mol. The molecule has 1 heterocycles. The number of carbonyl (C=O) groups is 1. The van der Waals surface area contributed by atoms with Crippen molar-refractivity contribution in [1.82, 2.24) is 0 Å². The number of aliphatic carboxylic acids is 1. The highest BCUT2D eigenvalue weighted by molar-refractivity contribution is 6.31. The number of aliphatic hydroxyl groups excluding tert-OH is 1. The second-order valence-corrected chi connectivity index (χ2v) is 8.47. The van der Waals surface area contributed by atoms with Gasteiger partial charge in [0.25, 0.3) is 0 Å². The van der Waals surface area contributed by atoms with Gasteiger partial charge in [0.05, 0.1) is 19.3 Å². The molecule has 1 aliphatic heterocycles. The number of aliphatic hydroxyl groups is 1. The third-order valence-corrected chi connectivity index (χ3v) is 6.16. The van der Waals surface area contributed by atoms with Crippen molar-refractivity contribution in [2.75, 3.05) is 6.61 Å². The third-order valence-electron chi connectivity index (χ3n) is 5.82. The lowest BCUT2D eigenvalue weighted by Crippen LogP contribution is -2.31. The van der Waals surface area contributed by atoms with Crippen molar-refractivity contribution in [3.05, 3.63) is 70.2 Å². The molecular weight excluding hydrogens is 416 g/mol. The zero-order valence-electron chi connectivity index (χ0n) is 17.7. The molecule has 0 unspecified atom stereocenters. The topological polar surface area (TPSA) is 76.0 Å². The van der Waals surface area contributed by atoms with Crippen molar-refractivity contribution < 1.29 is 24.5 Å². The summed E-state index contributed by atoms with van der Waals surface area (Å²) in [6, 6.07) is 15.4. The molecule has 1 fully saturated rings. The molecule has 1 aliphatic rings. The van der Waals surface area contributed by atoms with Crippen LogP contribution in [0.15, 0.2) is 48.5 Å². The molecule has 2 aromatic carbocycles. The number of carboxylic acid groups (broad SMARTS) is 1. The maximum absolute atomic E-state index is 10.6. The summed E-state index contributed by atoms with van der Waals surface area (Å²) < 4.78 is 12.5. The molecule has 0 spiro atoms. The molecule has 2 N–H and O–H groups in total. The Hall–Kier alpha value is -1.92. The van der Waals surface area contributed by atoms with E-state index in [-0.39, 0.29) is 25.0 Å². The number of ether oxygens (including phenoxy) is 2. The lowest BCUT2D eigenvalue weighted by molar-refractivity contribution is -0.245. The highest BCUT2D eigenvalue weighted by atomic mass is 35.5. The van der Waals surface area contributed by atoms with Crippen LogP contribution in [0.4, 0.5) is 0 Å². The van der Waals surface area contributed by atoms with Gasteiger partial charge in [-0.2, -0.15) is 0 Å². The summed E-state index contributed by atoms with van der Waals surface area (Å²) in [6.07, 6.45) is 5.24. The van der Waals surface area contributed by atoms with E-state index in [0.717, 1.165) is 55.2 Å². The molecule has 3 rings (SSSR count). The van der Waals surface area contributed by atoms with Gasteiger partial charge in [-0.15, -0.1) is 0 Å². The minimum Gasteiger partial charge on any atom is -0.481 e. The quantitative estimate of drug-likeness (QED) is 0.411. The number of rotatable bonds is 11. The van der Waals surface area contributed by atoms with Gasteiger partial charge in [0.2, 0.25) is 0 Å². The van der Waals surface area contributed by atoms with Gasteiger partial charge >= 0.3 is 5.97 Å². The van der Waals surface area contributed by atoms with Crippen LogP contribution in [0, 0.1) is 5.92 Å². The molecule has 5 nitrogen and oxygen atoms in total. The standard InChI is InChI=1S/C25H31ClO5/c26-22-14-9-8-13-21(22)25-30-17-19(11-4-2-1-3-5-15-23(28)29)24(31-25)20-12-7-6-10-18(20)16-27/h6-10,12-14,19,24-25,27H,1-5,11,15-17H2,(H,28,29)/t19-,24+,25+/m1/s1. The highest BCUT2D eigenvalue weighted by Gasteiger charge is 2.35. The Balaban J connectivity index is 1.65. The van der Waals surface area contributed by atoms with Crippen LogP contribution in [0.3, 0.4) is 0 Å². The van der Waals surface area contributed by atoms with E-state index in [0.29, 0.717) is 11.6 Å². The number of unbranched alkanes of at least 4 members (excludes halogenated alkanes) is 4. The first-order chi connectivity index (χ1) is 15.1. The van der Waals surface area contributed by atoms with Crippen molar-refractivity contribution in [2.45, 2.75) is 63.9 Å². The zero-order chi connectivity index (χ0) is 22.1. The van der Waals surface area contributed by atoms with Gasteiger partial charge in [0.15, 0.2) is 6.29 Å². The van der Waals surface area contributed by atoms with Crippen LogP contribution in [0.5, 0.6) is 0 Å². The molecule has 0 amide bonds. The minimum atomic E-state index is -0.727. The minimum absolute atomic E-state index is 0.0378. The van der Waals surface area contributed by atoms with E-state index in [1.807, 2.05) is 48.5 Å². The maximum Gasteiger partial charge on any atom is 0.303 e. The van der Waals surface area contributed by atoms with Gasteiger partial charge < -0.3 is 19.7 Å². The normalized spacial score (nSPS) is 21.2. The summed E-state index contributed by atoms with van der Waals surface area (Å²) in [6.45, 7) is 0.517. The Morgan fingerprint density at radius 1 is 0.968 bits per heavy atom. The predicted octanol–water partition coefficient (Wildman–Crippen LogP) is 6.05. The summed E-state index contributed by atoms with van der Waals surface area (Å²) in [4.78, 5) is 10.6. The van der Waals surface area contributed by atoms with Crippen molar-refractivity contribution in [2.24, 2.45) is 5.92 Å². The number of carboxylic acids is 1. The molecule has 168 valence electrons. The fraction of sp³-hybridized carbons (Fsp3) is 0.480. The average molecular weight is 447 g/mol. The van der Waals surface area contributed by atoms with E-state index in [9.17, 15) is 9.90 Å². The summed E-state index contributed by atoms with van der Waals surface area (Å²) in [7, 11) is 0. The van der Waals surface area contributed by atoms with Gasteiger partial charge in [-0.1, -0.05) is 79.7 Å². The van der Waals surface area contributed by atoms with Gasteiger partial charge in [-0.25, -0.2) is 0 Å². The Morgan fingerprint density at radius 3 is 2.39 bits per heavy atom. The number of benzene rings is 2. The molecule has 0 aliphatic carbocycles. The molecule has 6 heteroatoms. The van der Waals surface area contributed by atoms with Gasteiger partial charge in [0, 0.05) is 22.9 Å². The van der Waals surface area contributed by atoms with E-state index >= 15 is 0 Å². The maximum atomic E-state index is 10.6. The fourth-order valence-electron chi connectivity index (χ4n) is 4.14. The van der Waals surface area contributed by atoms with Crippen LogP contribution in [-0.2, 0) is 20.9 Å². The van der Waals surface area contributed by atoms with Crippen LogP contribution < -0.4 is 0 Å². The van der Waals surface area contributed by atoms with E-state index in [1.54, 1.807) is 0 Å². The molecule has 1 saturated heterocycles. The van der Waals surface area contributed by atoms with Gasteiger partial charge in [-0.05, 0) is 30.0 Å².